The van der Waals surface area contributed by atoms with Crippen LogP contribution in [0.5, 0.6) is 0 Å². The van der Waals surface area contributed by atoms with E-state index in [4.69, 9.17) is 0 Å². The number of alkyl halides is 7. The van der Waals surface area contributed by atoms with Crippen LogP contribution in [-0.4, -0.2) is 25.1 Å². The first-order chi connectivity index (χ1) is 6.34. The summed E-state index contributed by atoms with van der Waals surface area (Å²) >= 11 is 0. The summed E-state index contributed by atoms with van der Waals surface area (Å²) in [4.78, 5) is 0. The largest absolute Gasteiger partial charge is 0.398 e. The monoisotopic (exact) mass is 260 g/mol. The Labute approximate surface area is 79.0 Å². The minimum Gasteiger partial charge on any atom is -0.216 e. The Morgan fingerprint density at radius 1 is 1.07 bits per heavy atom. The second-order valence-corrected chi connectivity index (χ2v) is 5.15. The average molecular weight is 260 g/mol. The van der Waals surface area contributed by atoms with Crippen LogP contribution in [0.25, 0.3) is 0 Å². The lowest BCUT2D eigenvalue weighted by Gasteiger charge is -2.19. The van der Waals surface area contributed by atoms with Crippen molar-refractivity contribution in [2.24, 2.45) is 5.92 Å². The predicted octanol–water partition coefficient (Wildman–Crippen LogP) is 2.17. The van der Waals surface area contributed by atoms with Crippen LogP contribution in [0.15, 0.2) is 0 Å². The Bertz CT molecular complexity index is 367. The number of halogens is 7. The number of sulfone groups is 1. The molecule has 1 rings (SSSR count). The standard InChI is InChI=1S/C5H3F7O2S/c6-3(7)1-2(4(8,9)10)5(11,12)15(3,13)14/h2H,1H2. The van der Waals surface area contributed by atoms with Gasteiger partial charge in [-0.3, -0.25) is 0 Å². The maximum Gasteiger partial charge on any atom is 0.398 e. The molecule has 0 aliphatic carbocycles. The Kier molecular flexibility index (Phi) is 2.31. The molecule has 15 heavy (non-hydrogen) atoms. The van der Waals surface area contributed by atoms with Gasteiger partial charge in [0.2, 0.25) is 0 Å². The molecule has 0 bridgehead atoms. The van der Waals surface area contributed by atoms with Crippen molar-refractivity contribution >= 4 is 9.84 Å². The average Bonchev–Trinajstić information content (AvgIpc) is 2.07. The summed E-state index contributed by atoms with van der Waals surface area (Å²) in [6.07, 6.45) is -8.12. The summed E-state index contributed by atoms with van der Waals surface area (Å²) in [6, 6.07) is 0. The summed E-state index contributed by atoms with van der Waals surface area (Å²) in [6.45, 7) is 0. The molecular weight excluding hydrogens is 257 g/mol. The van der Waals surface area contributed by atoms with E-state index in [2.05, 4.69) is 0 Å². The summed E-state index contributed by atoms with van der Waals surface area (Å²) in [5, 5.41) is -10.5. The van der Waals surface area contributed by atoms with Crippen LogP contribution in [0, 0.1) is 5.92 Å². The molecule has 0 aromatic heterocycles. The van der Waals surface area contributed by atoms with Gasteiger partial charge in [0.15, 0.2) is 0 Å². The fraction of sp³-hybridized carbons (Fsp3) is 1.00. The van der Waals surface area contributed by atoms with Crippen molar-refractivity contribution in [2.45, 2.75) is 23.1 Å². The van der Waals surface area contributed by atoms with Crippen molar-refractivity contribution in [1.82, 2.24) is 0 Å². The van der Waals surface area contributed by atoms with E-state index in [1.54, 1.807) is 0 Å². The molecule has 0 aromatic carbocycles. The van der Waals surface area contributed by atoms with E-state index < -0.39 is 38.9 Å². The highest BCUT2D eigenvalue weighted by atomic mass is 32.2. The second kappa shape index (κ2) is 2.77. The van der Waals surface area contributed by atoms with Gasteiger partial charge in [-0.15, -0.1) is 0 Å². The first kappa shape index (κ1) is 12.5. The lowest BCUT2D eigenvalue weighted by atomic mass is 10.1. The molecule has 1 heterocycles. The van der Waals surface area contributed by atoms with Gasteiger partial charge in [-0.25, -0.2) is 8.42 Å². The third-order valence-electron chi connectivity index (χ3n) is 1.99. The highest BCUT2D eigenvalue weighted by Crippen LogP contribution is 2.57. The van der Waals surface area contributed by atoms with Crippen molar-refractivity contribution in [3.8, 4) is 0 Å². The molecule has 1 atom stereocenters. The van der Waals surface area contributed by atoms with Crippen LogP contribution in [0.1, 0.15) is 6.42 Å². The molecule has 10 heteroatoms. The third-order valence-corrected chi connectivity index (χ3v) is 3.95. The van der Waals surface area contributed by atoms with Gasteiger partial charge < -0.3 is 0 Å². The molecule has 0 N–H and O–H groups in total. The van der Waals surface area contributed by atoms with Crippen LogP contribution in [-0.2, 0) is 9.84 Å². The minimum atomic E-state index is -6.42. The zero-order chi connectivity index (χ0) is 12.3. The molecular formula is C5H3F7O2S. The summed E-state index contributed by atoms with van der Waals surface area (Å²) < 4.78 is 106. The van der Waals surface area contributed by atoms with E-state index >= 15 is 0 Å². The molecule has 0 aromatic rings. The Morgan fingerprint density at radius 3 is 1.60 bits per heavy atom. The Balaban J connectivity index is 3.33. The number of hydrogen-bond acceptors (Lipinski definition) is 2. The second-order valence-electron chi connectivity index (χ2n) is 3.00. The molecule has 90 valence electrons. The van der Waals surface area contributed by atoms with Crippen LogP contribution in [0.2, 0.25) is 0 Å². The van der Waals surface area contributed by atoms with Gasteiger partial charge in [-0.1, -0.05) is 0 Å². The molecule has 1 unspecified atom stereocenters. The van der Waals surface area contributed by atoms with Gasteiger partial charge in [0.1, 0.15) is 5.92 Å². The lowest BCUT2D eigenvalue weighted by molar-refractivity contribution is -0.218. The van der Waals surface area contributed by atoms with Gasteiger partial charge in [-0.05, 0) is 0 Å². The van der Waals surface area contributed by atoms with Gasteiger partial charge in [0.25, 0.3) is 9.84 Å². The van der Waals surface area contributed by atoms with Crippen LogP contribution in [0.4, 0.5) is 30.7 Å². The highest BCUT2D eigenvalue weighted by molar-refractivity contribution is 7.93. The first-order valence-electron chi connectivity index (χ1n) is 3.40. The number of rotatable bonds is 0. The summed E-state index contributed by atoms with van der Waals surface area (Å²) in [5.74, 6) is -3.86. The van der Waals surface area contributed by atoms with E-state index in [1.165, 1.54) is 0 Å². The van der Waals surface area contributed by atoms with E-state index in [-0.39, 0.29) is 0 Å². The zero-order valence-electron chi connectivity index (χ0n) is 6.65. The topological polar surface area (TPSA) is 34.1 Å². The summed E-state index contributed by atoms with van der Waals surface area (Å²) in [7, 11) is -6.42. The van der Waals surface area contributed by atoms with E-state index in [0.717, 1.165) is 0 Å². The smallest absolute Gasteiger partial charge is 0.216 e. The fourth-order valence-electron chi connectivity index (χ4n) is 1.16. The quantitative estimate of drug-likeness (QED) is 0.625. The molecule has 0 spiro atoms. The van der Waals surface area contributed by atoms with Crippen LogP contribution >= 0.6 is 0 Å². The van der Waals surface area contributed by atoms with Crippen molar-refractivity contribution in [3.05, 3.63) is 0 Å². The van der Waals surface area contributed by atoms with E-state index in [9.17, 15) is 39.2 Å². The van der Waals surface area contributed by atoms with Crippen molar-refractivity contribution in [1.29, 1.82) is 0 Å². The van der Waals surface area contributed by atoms with Crippen LogP contribution in [0.3, 0.4) is 0 Å². The molecule has 0 amide bonds. The third kappa shape index (κ3) is 1.49. The highest BCUT2D eigenvalue weighted by Gasteiger charge is 2.78. The number of hydrogen-bond donors (Lipinski definition) is 0. The van der Waals surface area contributed by atoms with Crippen LogP contribution < -0.4 is 0 Å². The Morgan fingerprint density at radius 2 is 1.47 bits per heavy atom. The predicted molar refractivity (Wildman–Crippen MR) is 33.0 cm³/mol. The normalized spacial score (nSPS) is 32.9. The molecule has 2 nitrogen and oxygen atoms in total. The van der Waals surface area contributed by atoms with Crippen molar-refractivity contribution in [3.63, 3.8) is 0 Å². The van der Waals surface area contributed by atoms with Crippen molar-refractivity contribution < 1.29 is 39.2 Å². The van der Waals surface area contributed by atoms with Gasteiger partial charge >= 0.3 is 16.7 Å². The molecule has 0 radical (unpaired) electrons. The first-order valence-corrected chi connectivity index (χ1v) is 4.89. The van der Waals surface area contributed by atoms with Gasteiger partial charge in [0.05, 0.1) is 0 Å². The molecule has 1 fully saturated rings. The molecule has 1 saturated heterocycles. The van der Waals surface area contributed by atoms with Gasteiger partial charge in [-0.2, -0.15) is 30.7 Å². The van der Waals surface area contributed by atoms with E-state index in [0.29, 0.717) is 0 Å². The van der Waals surface area contributed by atoms with Gasteiger partial charge in [0, 0.05) is 6.42 Å². The maximum atomic E-state index is 12.6. The molecule has 1 aliphatic heterocycles. The fourth-order valence-corrected chi connectivity index (χ4v) is 2.53. The minimum absolute atomic E-state index is 2.44. The Hall–Kier alpha value is -0.540. The zero-order valence-corrected chi connectivity index (χ0v) is 7.47. The molecule has 1 aliphatic rings. The van der Waals surface area contributed by atoms with E-state index in [1.807, 2.05) is 0 Å². The van der Waals surface area contributed by atoms with Crippen molar-refractivity contribution in [2.75, 3.05) is 0 Å². The maximum absolute atomic E-state index is 12.6. The lowest BCUT2D eigenvalue weighted by Crippen LogP contribution is -2.40. The SMILES string of the molecule is O=S1(=O)C(F)(F)CC(C(F)(F)F)C1(F)F. The molecule has 0 saturated carbocycles. The summed E-state index contributed by atoms with van der Waals surface area (Å²) in [5.41, 5.74) is 0.